The molecule has 1 N–H and O–H groups in total. The van der Waals surface area contributed by atoms with Crippen molar-refractivity contribution in [1.82, 2.24) is 5.32 Å². The lowest BCUT2D eigenvalue weighted by molar-refractivity contribution is -0.124. The molecule has 0 spiro atoms. The van der Waals surface area contributed by atoms with Gasteiger partial charge in [-0.2, -0.15) is 0 Å². The number of furan rings is 1. The molecule has 2 unspecified atom stereocenters. The molecule has 19 heavy (non-hydrogen) atoms. The van der Waals surface area contributed by atoms with Crippen molar-refractivity contribution in [3.8, 4) is 0 Å². The van der Waals surface area contributed by atoms with E-state index in [1.54, 1.807) is 0 Å². The number of rotatable bonds is 3. The number of hydrogen-bond acceptors (Lipinski definition) is 2. The molecule has 2 atom stereocenters. The Bertz CT molecular complexity index is 478. The highest BCUT2D eigenvalue weighted by molar-refractivity contribution is 6.19. The van der Waals surface area contributed by atoms with E-state index in [0.717, 1.165) is 29.9 Å². The topological polar surface area (TPSA) is 42.2 Å². The van der Waals surface area contributed by atoms with Gasteiger partial charge in [0.2, 0.25) is 5.91 Å². The van der Waals surface area contributed by atoms with Crippen LogP contribution in [-0.2, 0) is 11.2 Å². The SMILES string of the molecule is Cc1cc2c(o1)CC(C)(C)CC2NC(=O)C(C)CCl. The summed E-state index contributed by atoms with van der Waals surface area (Å²) in [6.07, 6.45) is 1.85. The van der Waals surface area contributed by atoms with E-state index in [9.17, 15) is 4.79 Å². The first-order chi connectivity index (χ1) is 8.82. The molecule has 0 aromatic carbocycles. The lowest BCUT2D eigenvalue weighted by atomic mass is 9.74. The van der Waals surface area contributed by atoms with Crippen LogP contribution in [0.4, 0.5) is 0 Å². The van der Waals surface area contributed by atoms with Gasteiger partial charge in [0.15, 0.2) is 0 Å². The number of alkyl halides is 1. The van der Waals surface area contributed by atoms with Crippen molar-refractivity contribution in [2.45, 2.75) is 46.6 Å². The summed E-state index contributed by atoms with van der Waals surface area (Å²) in [6.45, 7) is 8.21. The third kappa shape index (κ3) is 3.14. The van der Waals surface area contributed by atoms with Crippen LogP contribution in [0.3, 0.4) is 0 Å². The van der Waals surface area contributed by atoms with E-state index in [1.165, 1.54) is 0 Å². The first-order valence-electron chi connectivity index (χ1n) is 6.78. The van der Waals surface area contributed by atoms with E-state index in [2.05, 4.69) is 19.2 Å². The largest absolute Gasteiger partial charge is 0.466 e. The van der Waals surface area contributed by atoms with Crippen molar-refractivity contribution in [2.24, 2.45) is 11.3 Å². The first-order valence-corrected chi connectivity index (χ1v) is 7.31. The van der Waals surface area contributed by atoms with Crippen LogP contribution in [0.1, 0.15) is 50.3 Å². The van der Waals surface area contributed by atoms with Crippen LogP contribution in [0.5, 0.6) is 0 Å². The minimum atomic E-state index is -0.164. The van der Waals surface area contributed by atoms with Gasteiger partial charge in [0.25, 0.3) is 0 Å². The lowest BCUT2D eigenvalue weighted by Gasteiger charge is -2.35. The predicted octanol–water partition coefficient (Wildman–Crippen LogP) is 3.59. The molecule has 3 nitrogen and oxygen atoms in total. The smallest absolute Gasteiger partial charge is 0.224 e. The zero-order chi connectivity index (χ0) is 14.2. The predicted molar refractivity (Wildman–Crippen MR) is 76.3 cm³/mol. The highest BCUT2D eigenvalue weighted by Crippen LogP contribution is 2.42. The second kappa shape index (κ2) is 5.20. The molecule has 1 aromatic heterocycles. The number of carbonyl (C=O) groups is 1. The molecule has 1 aliphatic carbocycles. The summed E-state index contributed by atoms with van der Waals surface area (Å²) < 4.78 is 5.76. The van der Waals surface area contributed by atoms with Gasteiger partial charge in [0.1, 0.15) is 11.5 Å². The highest BCUT2D eigenvalue weighted by Gasteiger charge is 2.35. The average Bonchev–Trinajstić information content (AvgIpc) is 2.66. The van der Waals surface area contributed by atoms with Crippen molar-refractivity contribution >= 4 is 17.5 Å². The van der Waals surface area contributed by atoms with Crippen LogP contribution >= 0.6 is 11.6 Å². The molecule has 1 aliphatic rings. The molecule has 4 heteroatoms. The summed E-state index contributed by atoms with van der Waals surface area (Å²) in [5, 5.41) is 3.11. The molecule has 0 bridgehead atoms. The second-order valence-electron chi connectivity index (χ2n) is 6.40. The van der Waals surface area contributed by atoms with Crippen molar-refractivity contribution in [3.63, 3.8) is 0 Å². The molecule has 0 saturated heterocycles. The molecule has 0 fully saturated rings. The van der Waals surface area contributed by atoms with Gasteiger partial charge in [-0.05, 0) is 24.8 Å². The molecule has 2 rings (SSSR count). The van der Waals surface area contributed by atoms with Gasteiger partial charge in [0.05, 0.1) is 6.04 Å². The first kappa shape index (κ1) is 14.4. The fourth-order valence-corrected chi connectivity index (χ4v) is 2.84. The van der Waals surface area contributed by atoms with Crippen molar-refractivity contribution in [1.29, 1.82) is 0 Å². The van der Waals surface area contributed by atoms with E-state index in [4.69, 9.17) is 16.0 Å². The van der Waals surface area contributed by atoms with Gasteiger partial charge in [-0.25, -0.2) is 0 Å². The minimum absolute atomic E-state index is 0.0162. The zero-order valence-corrected chi connectivity index (χ0v) is 12.8. The van der Waals surface area contributed by atoms with Crippen LogP contribution < -0.4 is 5.32 Å². The van der Waals surface area contributed by atoms with Crippen LogP contribution in [0, 0.1) is 18.3 Å². The van der Waals surface area contributed by atoms with E-state index >= 15 is 0 Å². The summed E-state index contributed by atoms with van der Waals surface area (Å²) in [5.74, 6) is 2.12. The maximum atomic E-state index is 12.0. The quantitative estimate of drug-likeness (QED) is 0.862. The molecule has 1 amide bonds. The Balaban J connectivity index is 2.22. The summed E-state index contributed by atoms with van der Waals surface area (Å²) in [5.41, 5.74) is 1.27. The van der Waals surface area contributed by atoms with Crippen molar-refractivity contribution < 1.29 is 9.21 Å². The Kier molecular flexibility index (Phi) is 3.95. The fourth-order valence-electron chi connectivity index (χ4n) is 2.70. The van der Waals surface area contributed by atoms with Crippen LogP contribution in [0.15, 0.2) is 10.5 Å². The second-order valence-corrected chi connectivity index (χ2v) is 6.71. The Morgan fingerprint density at radius 1 is 1.63 bits per heavy atom. The third-order valence-electron chi connectivity index (χ3n) is 3.73. The van der Waals surface area contributed by atoms with Crippen LogP contribution in [-0.4, -0.2) is 11.8 Å². The molecular formula is C15H22ClNO2. The summed E-state index contributed by atoms with van der Waals surface area (Å²) >= 11 is 5.75. The number of amides is 1. The van der Waals surface area contributed by atoms with Crippen LogP contribution in [0.25, 0.3) is 0 Å². The van der Waals surface area contributed by atoms with Crippen LogP contribution in [0.2, 0.25) is 0 Å². The van der Waals surface area contributed by atoms with E-state index in [-0.39, 0.29) is 23.3 Å². The minimum Gasteiger partial charge on any atom is -0.466 e. The summed E-state index contributed by atoms with van der Waals surface area (Å²) in [6, 6.07) is 2.08. The number of nitrogens with one attached hydrogen (secondary N) is 1. The molecule has 1 aromatic rings. The van der Waals surface area contributed by atoms with Gasteiger partial charge >= 0.3 is 0 Å². The van der Waals surface area contributed by atoms with Gasteiger partial charge in [-0.15, -0.1) is 11.6 Å². The highest BCUT2D eigenvalue weighted by atomic mass is 35.5. The number of hydrogen-bond donors (Lipinski definition) is 1. The Morgan fingerprint density at radius 2 is 2.32 bits per heavy atom. The molecule has 0 saturated carbocycles. The lowest BCUT2D eigenvalue weighted by Crippen LogP contribution is -2.38. The standard InChI is InChI=1S/C15H22ClNO2/c1-9(8-16)14(18)17-12-6-15(3,4)7-13-11(12)5-10(2)19-13/h5,9,12H,6-8H2,1-4H3,(H,17,18). The molecule has 0 aliphatic heterocycles. The van der Waals surface area contributed by atoms with Gasteiger partial charge in [0, 0.05) is 23.8 Å². The Morgan fingerprint density at radius 3 is 2.95 bits per heavy atom. The number of carbonyl (C=O) groups excluding carboxylic acids is 1. The molecule has 1 heterocycles. The summed E-state index contributed by atoms with van der Waals surface area (Å²) in [7, 11) is 0. The third-order valence-corrected chi connectivity index (χ3v) is 4.19. The van der Waals surface area contributed by atoms with Crippen molar-refractivity contribution in [2.75, 3.05) is 5.88 Å². The molecule has 106 valence electrons. The maximum absolute atomic E-state index is 12.0. The summed E-state index contributed by atoms with van der Waals surface area (Å²) in [4.78, 5) is 12.0. The van der Waals surface area contributed by atoms with E-state index < -0.39 is 0 Å². The number of fused-ring (bicyclic) bond motifs is 1. The van der Waals surface area contributed by atoms with E-state index in [1.807, 2.05) is 19.9 Å². The number of aryl methyl sites for hydroxylation is 1. The molecular weight excluding hydrogens is 262 g/mol. The monoisotopic (exact) mass is 283 g/mol. The van der Waals surface area contributed by atoms with Gasteiger partial charge in [-0.3, -0.25) is 4.79 Å². The zero-order valence-electron chi connectivity index (χ0n) is 12.0. The Hall–Kier alpha value is -0.960. The normalized spacial score (nSPS) is 22.7. The van der Waals surface area contributed by atoms with Gasteiger partial charge < -0.3 is 9.73 Å². The van der Waals surface area contributed by atoms with E-state index in [0.29, 0.717) is 5.88 Å². The fraction of sp³-hybridized carbons (Fsp3) is 0.667. The maximum Gasteiger partial charge on any atom is 0.224 e. The van der Waals surface area contributed by atoms with Gasteiger partial charge in [-0.1, -0.05) is 20.8 Å². The number of halogens is 1. The average molecular weight is 284 g/mol. The van der Waals surface area contributed by atoms with Crippen molar-refractivity contribution in [3.05, 3.63) is 23.2 Å². The molecule has 0 radical (unpaired) electrons. The Labute approximate surface area is 119 Å².